The van der Waals surface area contributed by atoms with E-state index in [4.69, 9.17) is 15.2 Å². The minimum atomic E-state index is 0.133. The molecular formula is C16H28N2O2. The van der Waals surface area contributed by atoms with Gasteiger partial charge in [-0.1, -0.05) is 32.4 Å². The van der Waals surface area contributed by atoms with Crippen LogP contribution in [0.25, 0.3) is 0 Å². The molecule has 0 saturated heterocycles. The number of nitrogens with zero attached hydrogens (tertiary/aromatic N) is 1. The lowest BCUT2D eigenvalue weighted by molar-refractivity contribution is 0.210. The molecular weight excluding hydrogens is 252 g/mol. The molecule has 4 nitrogen and oxygen atoms in total. The number of hydrogen-bond donors (Lipinski definition) is 1. The second-order valence-corrected chi connectivity index (χ2v) is 5.29. The van der Waals surface area contributed by atoms with E-state index in [1.165, 1.54) is 0 Å². The first-order chi connectivity index (χ1) is 9.58. The van der Waals surface area contributed by atoms with Gasteiger partial charge in [-0.3, -0.25) is 4.90 Å². The third-order valence-corrected chi connectivity index (χ3v) is 3.84. The molecule has 114 valence electrons. The van der Waals surface area contributed by atoms with E-state index in [0.29, 0.717) is 12.5 Å². The van der Waals surface area contributed by atoms with Crippen molar-refractivity contribution in [2.24, 2.45) is 11.7 Å². The van der Waals surface area contributed by atoms with Crippen LogP contribution in [-0.4, -0.2) is 39.3 Å². The Kier molecular flexibility index (Phi) is 6.82. The van der Waals surface area contributed by atoms with E-state index < -0.39 is 0 Å². The minimum Gasteiger partial charge on any atom is -0.493 e. The molecule has 0 aromatic heterocycles. The molecule has 0 radical (unpaired) electrons. The Morgan fingerprint density at radius 2 is 1.95 bits per heavy atom. The number of hydrogen-bond acceptors (Lipinski definition) is 4. The lowest BCUT2D eigenvalue weighted by Gasteiger charge is -2.30. The predicted octanol–water partition coefficient (Wildman–Crippen LogP) is 2.68. The lowest BCUT2D eigenvalue weighted by atomic mass is 10.0. The number of nitrogens with two attached hydrogens (primary N) is 1. The van der Waals surface area contributed by atoms with Crippen LogP contribution in [0.1, 0.15) is 31.9 Å². The molecule has 0 aliphatic rings. The smallest absolute Gasteiger partial charge is 0.165 e. The Morgan fingerprint density at radius 1 is 1.25 bits per heavy atom. The summed E-state index contributed by atoms with van der Waals surface area (Å²) in [5.41, 5.74) is 7.08. The van der Waals surface area contributed by atoms with Gasteiger partial charge in [0.1, 0.15) is 0 Å². The van der Waals surface area contributed by atoms with Crippen LogP contribution in [0, 0.1) is 5.92 Å². The molecule has 0 aliphatic carbocycles. The second kappa shape index (κ2) is 8.12. The van der Waals surface area contributed by atoms with E-state index in [9.17, 15) is 0 Å². The van der Waals surface area contributed by atoms with Gasteiger partial charge in [0, 0.05) is 18.7 Å². The molecule has 0 saturated carbocycles. The van der Waals surface area contributed by atoms with Gasteiger partial charge in [-0.05, 0) is 19.0 Å². The zero-order valence-electron chi connectivity index (χ0n) is 13.3. The SMILES string of the molecule is CCC(C)CN(C)C(CN)c1cccc(OC)c1OC. The molecule has 2 unspecified atom stereocenters. The van der Waals surface area contributed by atoms with E-state index in [0.717, 1.165) is 30.0 Å². The van der Waals surface area contributed by atoms with Gasteiger partial charge in [0.25, 0.3) is 0 Å². The van der Waals surface area contributed by atoms with Crippen LogP contribution in [0.5, 0.6) is 11.5 Å². The van der Waals surface area contributed by atoms with Crippen molar-refractivity contribution in [3.63, 3.8) is 0 Å². The Hall–Kier alpha value is -1.26. The average molecular weight is 280 g/mol. The van der Waals surface area contributed by atoms with Crippen molar-refractivity contribution in [2.45, 2.75) is 26.3 Å². The molecule has 0 amide bonds. The standard InChI is InChI=1S/C16H28N2O2/c1-6-12(2)11-18(3)14(10-17)13-8-7-9-15(19-4)16(13)20-5/h7-9,12,14H,6,10-11,17H2,1-5H3. The van der Waals surface area contributed by atoms with Gasteiger partial charge < -0.3 is 15.2 Å². The summed E-state index contributed by atoms with van der Waals surface area (Å²) in [6.45, 7) is 6.03. The third-order valence-electron chi connectivity index (χ3n) is 3.84. The quantitative estimate of drug-likeness (QED) is 0.795. The zero-order valence-corrected chi connectivity index (χ0v) is 13.3. The largest absolute Gasteiger partial charge is 0.493 e. The molecule has 2 N–H and O–H groups in total. The first-order valence-corrected chi connectivity index (χ1v) is 7.20. The summed E-state index contributed by atoms with van der Waals surface area (Å²) in [5.74, 6) is 2.17. The minimum absolute atomic E-state index is 0.133. The number of methoxy groups -OCH3 is 2. The van der Waals surface area contributed by atoms with Crippen molar-refractivity contribution in [3.8, 4) is 11.5 Å². The maximum Gasteiger partial charge on any atom is 0.165 e. The Morgan fingerprint density at radius 3 is 2.45 bits per heavy atom. The van der Waals surface area contributed by atoms with Crippen LogP contribution < -0.4 is 15.2 Å². The van der Waals surface area contributed by atoms with Crippen molar-refractivity contribution in [1.82, 2.24) is 4.90 Å². The summed E-state index contributed by atoms with van der Waals surface area (Å²) in [6.07, 6.45) is 1.16. The monoisotopic (exact) mass is 280 g/mol. The molecule has 0 heterocycles. The number of ether oxygens (including phenoxy) is 2. The summed E-state index contributed by atoms with van der Waals surface area (Å²) in [5, 5.41) is 0. The van der Waals surface area contributed by atoms with E-state index >= 15 is 0 Å². The highest BCUT2D eigenvalue weighted by molar-refractivity contribution is 5.48. The van der Waals surface area contributed by atoms with Gasteiger partial charge in [0.2, 0.25) is 0 Å². The topological polar surface area (TPSA) is 47.7 Å². The second-order valence-electron chi connectivity index (χ2n) is 5.29. The van der Waals surface area contributed by atoms with Gasteiger partial charge in [-0.15, -0.1) is 0 Å². The molecule has 1 aromatic carbocycles. The maximum absolute atomic E-state index is 6.00. The van der Waals surface area contributed by atoms with Crippen LogP contribution in [0.3, 0.4) is 0 Å². The van der Waals surface area contributed by atoms with E-state index in [1.807, 2.05) is 12.1 Å². The van der Waals surface area contributed by atoms with Gasteiger partial charge in [-0.2, -0.15) is 0 Å². The summed E-state index contributed by atoms with van der Waals surface area (Å²) < 4.78 is 10.9. The number of benzene rings is 1. The van der Waals surface area contributed by atoms with E-state index in [1.54, 1.807) is 14.2 Å². The molecule has 0 spiro atoms. The number of rotatable bonds is 8. The zero-order chi connectivity index (χ0) is 15.1. The normalized spacial score (nSPS) is 14.2. The maximum atomic E-state index is 6.00. The molecule has 0 bridgehead atoms. The van der Waals surface area contributed by atoms with Crippen LogP contribution in [-0.2, 0) is 0 Å². The van der Waals surface area contributed by atoms with Crippen LogP contribution in [0.4, 0.5) is 0 Å². The first-order valence-electron chi connectivity index (χ1n) is 7.20. The average Bonchev–Trinajstić information content (AvgIpc) is 2.47. The molecule has 1 aromatic rings. The summed E-state index contributed by atoms with van der Waals surface area (Å²) >= 11 is 0. The molecule has 4 heteroatoms. The van der Waals surface area contributed by atoms with Crippen molar-refractivity contribution in [3.05, 3.63) is 23.8 Å². The molecule has 0 aliphatic heterocycles. The fourth-order valence-electron chi connectivity index (χ4n) is 2.47. The summed E-state index contributed by atoms with van der Waals surface area (Å²) in [6, 6.07) is 6.08. The highest BCUT2D eigenvalue weighted by atomic mass is 16.5. The highest BCUT2D eigenvalue weighted by Gasteiger charge is 2.22. The van der Waals surface area contributed by atoms with Crippen LogP contribution >= 0.6 is 0 Å². The molecule has 1 rings (SSSR count). The molecule has 20 heavy (non-hydrogen) atoms. The van der Waals surface area contributed by atoms with Crippen molar-refractivity contribution < 1.29 is 9.47 Å². The van der Waals surface area contributed by atoms with Crippen LogP contribution in [0.15, 0.2) is 18.2 Å². The number of para-hydroxylation sites is 1. The Bertz CT molecular complexity index is 409. The predicted molar refractivity (Wildman–Crippen MR) is 83.4 cm³/mol. The lowest BCUT2D eigenvalue weighted by Crippen LogP contribution is -2.33. The van der Waals surface area contributed by atoms with Gasteiger partial charge in [0.05, 0.1) is 20.3 Å². The third kappa shape index (κ3) is 3.87. The fourth-order valence-corrected chi connectivity index (χ4v) is 2.47. The van der Waals surface area contributed by atoms with Gasteiger partial charge in [0.15, 0.2) is 11.5 Å². The van der Waals surface area contributed by atoms with Gasteiger partial charge in [-0.25, -0.2) is 0 Å². The summed E-state index contributed by atoms with van der Waals surface area (Å²) in [7, 11) is 5.44. The molecule has 0 fully saturated rings. The fraction of sp³-hybridized carbons (Fsp3) is 0.625. The van der Waals surface area contributed by atoms with Crippen LogP contribution in [0.2, 0.25) is 0 Å². The van der Waals surface area contributed by atoms with Gasteiger partial charge >= 0.3 is 0 Å². The number of likely N-dealkylation sites (N-methyl/N-ethyl adjacent to an activating group) is 1. The van der Waals surface area contributed by atoms with Crippen molar-refractivity contribution in [1.29, 1.82) is 0 Å². The van der Waals surface area contributed by atoms with E-state index in [-0.39, 0.29) is 6.04 Å². The van der Waals surface area contributed by atoms with Crippen molar-refractivity contribution >= 4 is 0 Å². The first kappa shape index (κ1) is 16.8. The Labute approximate surface area is 122 Å². The summed E-state index contributed by atoms with van der Waals surface area (Å²) in [4.78, 5) is 2.30. The van der Waals surface area contributed by atoms with Crippen molar-refractivity contribution in [2.75, 3.05) is 34.4 Å². The molecule has 2 atom stereocenters. The highest BCUT2D eigenvalue weighted by Crippen LogP contribution is 2.36. The Balaban J connectivity index is 3.05. The van der Waals surface area contributed by atoms with E-state index in [2.05, 4.69) is 31.9 Å².